The average Bonchev–Trinajstić information content (AvgIpc) is 2.60. The number of guanidine groups is 1. The number of hydrogen-bond donors (Lipinski definition) is 2. The lowest BCUT2D eigenvalue weighted by atomic mass is 10.2. The molecule has 0 unspecified atom stereocenters. The Kier molecular flexibility index (Phi) is 9.18. The smallest absolute Gasteiger partial charge is 0.194 e. The lowest BCUT2D eigenvalue weighted by Gasteiger charge is -2.22. The van der Waals surface area contributed by atoms with Crippen LogP contribution in [0, 0.1) is 5.82 Å². The van der Waals surface area contributed by atoms with Crippen LogP contribution in [0.15, 0.2) is 47.5 Å². The van der Waals surface area contributed by atoms with Crippen molar-refractivity contribution in [3.8, 4) is 11.5 Å². The van der Waals surface area contributed by atoms with E-state index in [0.717, 1.165) is 23.6 Å². The van der Waals surface area contributed by atoms with Crippen LogP contribution in [0.3, 0.4) is 0 Å². The Hall–Kier alpha value is -2.03. The normalized spacial score (nSPS) is 10.8. The second-order valence-electron chi connectivity index (χ2n) is 5.66. The van der Waals surface area contributed by atoms with Crippen molar-refractivity contribution in [3.63, 3.8) is 0 Å². The third-order valence-electron chi connectivity index (χ3n) is 3.68. The summed E-state index contributed by atoms with van der Waals surface area (Å²) in [6, 6.07) is 11.7. The Balaban J connectivity index is 0.00000338. The molecule has 0 saturated heterocycles. The summed E-state index contributed by atoms with van der Waals surface area (Å²) in [4.78, 5) is 6.57. The lowest BCUT2D eigenvalue weighted by Crippen LogP contribution is -2.38. The first-order chi connectivity index (χ1) is 12.0. The van der Waals surface area contributed by atoms with Gasteiger partial charge in [-0.2, -0.15) is 0 Å². The molecule has 0 aromatic heterocycles. The Morgan fingerprint density at radius 3 is 2.42 bits per heavy atom. The summed E-state index contributed by atoms with van der Waals surface area (Å²) in [6.07, 6.45) is 0. The van der Waals surface area contributed by atoms with Gasteiger partial charge in [0, 0.05) is 20.1 Å². The molecule has 0 atom stereocenters. The number of halogens is 2. The van der Waals surface area contributed by atoms with Gasteiger partial charge < -0.3 is 20.1 Å². The van der Waals surface area contributed by atoms with Crippen molar-refractivity contribution in [2.45, 2.75) is 20.0 Å². The number of nitrogens with one attached hydrogen (secondary N) is 1. The maximum absolute atomic E-state index is 13.0. The molecule has 0 fully saturated rings. The van der Waals surface area contributed by atoms with Crippen molar-refractivity contribution < 1.29 is 14.2 Å². The van der Waals surface area contributed by atoms with Crippen molar-refractivity contribution in [1.29, 1.82) is 0 Å². The van der Waals surface area contributed by atoms with Crippen LogP contribution < -0.4 is 10.1 Å². The lowest BCUT2D eigenvalue weighted by molar-refractivity contribution is 0.373. The number of ether oxygens (including phenoxy) is 1. The van der Waals surface area contributed by atoms with Crippen molar-refractivity contribution in [1.82, 2.24) is 10.2 Å². The number of hydrogen-bond acceptors (Lipinski definition) is 3. The minimum absolute atomic E-state index is 0. The summed E-state index contributed by atoms with van der Waals surface area (Å²) in [5.41, 5.74) is 1.88. The minimum Gasteiger partial charge on any atom is -0.504 e. The molecular formula is C19H25FIN3O2. The van der Waals surface area contributed by atoms with Crippen molar-refractivity contribution >= 4 is 29.9 Å². The molecule has 2 rings (SSSR count). The molecule has 26 heavy (non-hydrogen) atoms. The second-order valence-corrected chi connectivity index (χ2v) is 5.66. The van der Waals surface area contributed by atoms with E-state index in [2.05, 4.69) is 10.3 Å². The summed E-state index contributed by atoms with van der Waals surface area (Å²) in [5, 5.41) is 13.1. The zero-order valence-corrected chi connectivity index (χ0v) is 17.5. The molecule has 0 radical (unpaired) electrons. The largest absolute Gasteiger partial charge is 0.504 e. The maximum Gasteiger partial charge on any atom is 0.194 e. The third kappa shape index (κ3) is 6.36. The van der Waals surface area contributed by atoms with Gasteiger partial charge in [0.15, 0.2) is 17.5 Å². The van der Waals surface area contributed by atoms with Gasteiger partial charge in [-0.25, -0.2) is 9.38 Å². The first-order valence-electron chi connectivity index (χ1n) is 8.13. The standard InChI is InChI=1S/C19H24FN3O2.HI/c1-4-21-19(23(2)13-14-5-8-16(20)9-6-14)22-12-15-7-10-18(25-3)17(24)11-15;/h5-11,24H,4,12-13H2,1-3H3,(H,21,22);1H. The molecule has 0 aliphatic carbocycles. The molecule has 2 aromatic rings. The van der Waals surface area contributed by atoms with Gasteiger partial charge in [-0.3, -0.25) is 0 Å². The van der Waals surface area contributed by atoms with Crippen LogP contribution in [0.5, 0.6) is 11.5 Å². The first kappa shape index (κ1) is 22.0. The van der Waals surface area contributed by atoms with E-state index >= 15 is 0 Å². The van der Waals surface area contributed by atoms with E-state index < -0.39 is 0 Å². The summed E-state index contributed by atoms with van der Waals surface area (Å²) < 4.78 is 18.1. The molecule has 142 valence electrons. The van der Waals surface area contributed by atoms with Crippen molar-refractivity contribution in [2.75, 3.05) is 20.7 Å². The van der Waals surface area contributed by atoms with Crippen LogP contribution in [0.1, 0.15) is 18.1 Å². The fourth-order valence-corrected chi connectivity index (χ4v) is 2.41. The van der Waals surface area contributed by atoms with E-state index in [1.54, 1.807) is 24.3 Å². The monoisotopic (exact) mass is 473 g/mol. The molecule has 0 saturated carbocycles. The van der Waals surface area contributed by atoms with Crippen LogP contribution >= 0.6 is 24.0 Å². The molecule has 2 N–H and O–H groups in total. The minimum atomic E-state index is -0.244. The molecule has 2 aromatic carbocycles. The number of aliphatic imine (C=N–C) groups is 1. The highest BCUT2D eigenvalue weighted by molar-refractivity contribution is 14.0. The van der Waals surface area contributed by atoms with E-state index in [9.17, 15) is 9.50 Å². The fourth-order valence-electron chi connectivity index (χ4n) is 2.41. The maximum atomic E-state index is 13.0. The predicted octanol–water partition coefficient (Wildman–Crippen LogP) is 3.76. The molecule has 7 heteroatoms. The molecular weight excluding hydrogens is 448 g/mol. The number of aromatic hydroxyl groups is 1. The van der Waals surface area contributed by atoms with Crippen molar-refractivity contribution in [3.05, 3.63) is 59.4 Å². The highest BCUT2D eigenvalue weighted by Gasteiger charge is 2.08. The van der Waals surface area contributed by atoms with Gasteiger partial charge in [0.25, 0.3) is 0 Å². The highest BCUT2D eigenvalue weighted by atomic mass is 127. The fraction of sp³-hybridized carbons (Fsp3) is 0.316. The molecule has 0 bridgehead atoms. The Labute approximate surface area is 170 Å². The molecule has 0 heterocycles. The molecule has 0 aliphatic rings. The summed E-state index contributed by atoms with van der Waals surface area (Å²) >= 11 is 0. The van der Waals surface area contributed by atoms with Crippen LogP contribution in [0.4, 0.5) is 4.39 Å². The van der Waals surface area contributed by atoms with Crippen molar-refractivity contribution in [2.24, 2.45) is 4.99 Å². The van der Waals surface area contributed by atoms with Crippen LogP contribution in [-0.2, 0) is 13.1 Å². The Bertz CT molecular complexity index is 723. The number of methoxy groups -OCH3 is 1. The SMILES string of the molecule is CCNC(=NCc1ccc(OC)c(O)c1)N(C)Cc1ccc(F)cc1.I. The highest BCUT2D eigenvalue weighted by Crippen LogP contribution is 2.26. The summed E-state index contributed by atoms with van der Waals surface area (Å²) in [7, 11) is 3.44. The second kappa shape index (κ2) is 10.8. The number of nitrogens with zero attached hydrogens (tertiary/aromatic N) is 2. The van der Waals surface area contributed by atoms with E-state index in [1.807, 2.05) is 24.9 Å². The number of phenols is 1. The molecule has 0 spiro atoms. The van der Waals surface area contributed by atoms with Gasteiger partial charge in [0.2, 0.25) is 0 Å². The quantitative estimate of drug-likeness (QED) is 0.381. The van der Waals surface area contributed by atoms with Crippen LogP contribution in [-0.4, -0.2) is 36.7 Å². The number of phenolic OH excluding ortho intramolecular Hbond substituents is 1. The van der Waals surface area contributed by atoms with Gasteiger partial charge >= 0.3 is 0 Å². The molecule has 0 aliphatic heterocycles. The van der Waals surface area contributed by atoms with Crippen LogP contribution in [0.25, 0.3) is 0 Å². The van der Waals surface area contributed by atoms with E-state index in [4.69, 9.17) is 4.74 Å². The van der Waals surface area contributed by atoms with Gasteiger partial charge in [0.1, 0.15) is 5.82 Å². The zero-order valence-electron chi connectivity index (χ0n) is 15.2. The van der Waals surface area contributed by atoms with Gasteiger partial charge in [-0.1, -0.05) is 18.2 Å². The van der Waals surface area contributed by atoms with Gasteiger partial charge in [-0.05, 0) is 42.3 Å². The summed E-state index contributed by atoms with van der Waals surface area (Å²) in [6.45, 7) is 3.77. The van der Waals surface area contributed by atoms with E-state index in [0.29, 0.717) is 18.8 Å². The third-order valence-corrected chi connectivity index (χ3v) is 3.68. The number of rotatable bonds is 6. The van der Waals surface area contributed by atoms with E-state index in [1.165, 1.54) is 19.2 Å². The zero-order chi connectivity index (χ0) is 18.2. The average molecular weight is 473 g/mol. The first-order valence-corrected chi connectivity index (χ1v) is 8.13. The molecule has 5 nitrogen and oxygen atoms in total. The Morgan fingerprint density at radius 1 is 1.19 bits per heavy atom. The van der Waals surface area contributed by atoms with Gasteiger partial charge in [0.05, 0.1) is 13.7 Å². The van der Waals surface area contributed by atoms with E-state index in [-0.39, 0.29) is 35.5 Å². The predicted molar refractivity (Wildman–Crippen MR) is 113 cm³/mol. The van der Waals surface area contributed by atoms with Crippen LogP contribution in [0.2, 0.25) is 0 Å². The Morgan fingerprint density at radius 2 is 1.85 bits per heavy atom. The molecule has 0 amide bonds. The van der Waals surface area contributed by atoms with Gasteiger partial charge in [-0.15, -0.1) is 24.0 Å². The topological polar surface area (TPSA) is 57.1 Å². The summed E-state index contributed by atoms with van der Waals surface area (Å²) in [5.74, 6) is 1.03. The number of benzene rings is 2.